The average molecular weight is 959 g/mol. The minimum atomic E-state index is -4.58. The van der Waals surface area contributed by atoms with E-state index >= 15 is 0 Å². The number of aryl methyl sites for hydroxylation is 1. The van der Waals surface area contributed by atoms with Gasteiger partial charge in [-0.25, -0.2) is 4.79 Å². The molecule has 4 N–H and O–H groups in total. The number of carbonyl (C=O) groups excluding carboxylic acids is 5. The molecule has 3 aliphatic rings. The number of aliphatic hydroxyl groups is 1. The van der Waals surface area contributed by atoms with E-state index in [1.54, 1.807) is 34.7 Å². The van der Waals surface area contributed by atoms with Crippen LogP contribution in [0.2, 0.25) is 5.02 Å². The monoisotopic (exact) mass is 957 g/mol. The van der Waals surface area contributed by atoms with Gasteiger partial charge in [-0.3, -0.25) is 29.0 Å². The van der Waals surface area contributed by atoms with Gasteiger partial charge in [0.05, 0.1) is 29.2 Å². The lowest BCUT2D eigenvalue weighted by atomic mass is 9.82. The molecule has 0 saturated carbocycles. The number of benzene rings is 1. The van der Waals surface area contributed by atoms with Crippen LogP contribution >= 0.6 is 33.2 Å². The molecule has 1 aromatic carbocycles. The summed E-state index contributed by atoms with van der Waals surface area (Å²) in [5, 5.41) is 15.4. The van der Waals surface area contributed by atoms with E-state index in [0.29, 0.717) is 23.6 Å². The second-order valence-electron chi connectivity index (χ2n) is 18.1. The number of rotatable bonds is 14. The fraction of sp³-hybridized carbons (Fsp3) is 0.659. The first kappa shape index (κ1) is 52.5. The van der Waals surface area contributed by atoms with Gasteiger partial charge in [0.25, 0.3) is 10.1 Å². The van der Waals surface area contributed by atoms with Crippen molar-refractivity contribution in [3.8, 4) is 0 Å². The molecule has 63 heavy (non-hydrogen) atoms. The van der Waals surface area contributed by atoms with Gasteiger partial charge in [0.15, 0.2) is 5.25 Å². The van der Waals surface area contributed by atoms with E-state index < -0.39 is 97.3 Å². The van der Waals surface area contributed by atoms with Gasteiger partial charge in [-0.15, -0.1) is 0 Å². The second-order valence-corrected chi connectivity index (χ2v) is 23.2. The van der Waals surface area contributed by atoms with E-state index in [4.69, 9.17) is 25.8 Å². The number of halogens is 1. The van der Waals surface area contributed by atoms with E-state index in [2.05, 4.69) is 10.6 Å². The Morgan fingerprint density at radius 1 is 1.16 bits per heavy atom. The summed E-state index contributed by atoms with van der Waals surface area (Å²) in [6.07, 6.45) is 2.95. The third-order valence-electron chi connectivity index (χ3n) is 12.6. The van der Waals surface area contributed by atoms with E-state index in [9.17, 15) is 42.0 Å². The van der Waals surface area contributed by atoms with Gasteiger partial charge in [0.2, 0.25) is 11.8 Å². The number of epoxide rings is 1. The maximum atomic E-state index is 14.2. The van der Waals surface area contributed by atoms with Crippen LogP contribution in [0.25, 0.3) is 0 Å². The number of ketones is 1. The maximum absolute atomic E-state index is 14.2. The first-order valence-electron chi connectivity index (χ1n) is 21.1. The van der Waals surface area contributed by atoms with Crippen LogP contribution < -0.4 is 15.5 Å². The zero-order valence-corrected chi connectivity index (χ0v) is 41.2. The molecule has 0 aliphatic carbocycles. The first-order valence-corrected chi connectivity index (χ1v) is 25.3. The van der Waals surface area contributed by atoms with Gasteiger partial charge in [-0.05, 0) is 71.1 Å². The Kier molecular flexibility index (Phi) is 17.5. The molecule has 15 nitrogen and oxygen atoms in total. The highest BCUT2D eigenvalue weighted by atomic mass is 35.5. The number of nitrogens with zero attached hydrogens (tertiary/aromatic N) is 1. The highest BCUT2D eigenvalue weighted by Crippen LogP contribution is 2.49. The van der Waals surface area contributed by atoms with E-state index in [-0.39, 0.29) is 37.2 Å². The molecule has 0 spiro atoms. The summed E-state index contributed by atoms with van der Waals surface area (Å²) >= 11 is 6.81. The van der Waals surface area contributed by atoms with Crippen LogP contribution in [0.15, 0.2) is 35.9 Å². The molecule has 4 rings (SSSR count). The van der Waals surface area contributed by atoms with Crippen molar-refractivity contribution in [3.05, 3.63) is 52.1 Å². The van der Waals surface area contributed by atoms with E-state index in [1.807, 2.05) is 65.0 Å². The number of ether oxygens (including phenoxy) is 3. The molecule has 0 radical (unpaired) electrons. The number of carbonyl (C=O) groups is 5. The van der Waals surface area contributed by atoms with Crippen molar-refractivity contribution in [2.75, 3.05) is 24.7 Å². The van der Waals surface area contributed by atoms with Crippen LogP contribution in [-0.2, 0) is 49.9 Å². The number of anilines is 1. The number of hydrogen-bond donors (Lipinski definition) is 4. The largest absolute Gasteiger partial charge is 0.458 e. The average Bonchev–Trinajstić information content (AvgIpc) is 3.90. The number of Topliss-reactive ketones (excluding diaryl/α,β-unsaturated/α-hetero) is 1. The summed E-state index contributed by atoms with van der Waals surface area (Å²) in [5.41, 5.74) is 0.305. The third kappa shape index (κ3) is 13.3. The predicted octanol–water partition coefficient (Wildman–Crippen LogP) is 6.76. The number of fused-ring (bicyclic) bond motifs is 5. The van der Waals surface area contributed by atoms with Gasteiger partial charge in [0, 0.05) is 55.2 Å². The molecule has 3 aliphatic heterocycles. The van der Waals surface area contributed by atoms with Gasteiger partial charge in [-0.1, -0.05) is 90.8 Å². The number of hydrogen-bond acceptors (Lipinski definition) is 13. The Morgan fingerprint density at radius 3 is 2.46 bits per heavy atom. The van der Waals surface area contributed by atoms with E-state index in [1.165, 1.54) is 33.5 Å². The van der Waals surface area contributed by atoms with Gasteiger partial charge < -0.3 is 29.5 Å². The van der Waals surface area contributed by atoms with Crippen molar-refractivity contribution >= 4 is 78.7 Å². The molecule has 19 heteroatoms. The molecule has 2 fully saturated rings. The summed E-state index contributed by atoms with van der Waals surface area (Å²) < 4.78 is 50.6. The zero-order valence-electron chi connectivity index (χ0n) is 38.0. The lowest BCUT2D eigenvalue weighted by molar-refractivity contribution is -0.161. The Balaban J connectivity index is 1.54. The lowest BCUT2D eigenvalue weighted by Gasteiger charge is -2.41. The molecular weight excluding hydrogens is 894 g/mol. The van der Waals surface area contributed by atoms with Crippen LogP contribution in [0.5, 0.6) is 0 Å². The molecule has 4 bridgehead atoms. The van der Waals surface area contributed by atoms with Gasteiger partial charge in [-0.2, -0.15) is 8.42 Å². The van der Waals surface area contributed by atoms with Crippen LogP contribution in [0, 0.1) is 30.6 Å². The number of alkyl carbamates (subject to hydrolysis) is 1. The molecule has 2 saturated heterocycles. The predicted molar refractivity (Wildman–Crippen MR) is 246 cm³/mol. The molecule has 352 valence electrons. The van der Waals surface area contributed by atoms with Crippen LogP contribution in [0.3, 0.4) is 0 Å². The molecule has 3 amide bonds. The summed E-state index contributed by atoms with van der Waals surface area (Å²) in [7, 11) is 1.07. The fourth-order valence-corrected chi connectivity index (χ4v) is 11.8. The Labute approximate surface area is 384 Å². The fourth-order valence-electron chi connectivity index (χ4n) is 7.90. The maximum Gasteiger partial charge on any atom is 0.409 e. The first-order chi connectivity index (χ1) is 29.1. The molecule has 1 aromatic rings. The molecule has 10 atom stereocenters. The quantitative estimate of drug-likeness (QED) is 0.0498. The number of allylic oxidation sites excluding steroid dienone is 3. The van der Waals surface area contributed by atoms with Gasteiger partial charge >= 0.3 is 12.1 Å². The van der Waals surface area contributed by atoms with Crippen molar-refractivity contribution in [1.29, 1.82) is 0 Å². The molecule has 3 heterocycles. The highest BCUT2D eigenvalue weighted by molar-refractivity contribution is 8.77. The second kappa shape index (κ2) is 21.0. The normalized spacial score (nSPS) is 29.7. The molecular formula is C44H64ClN3O12S3. The standard InChI is InChI=1S/C44H64ClN3O12S3/c1-24-13-12-14-26(3)44(54)23-33(58-41(53)47-44)29(6)38-43(9,60-38)35(22-36(50)48(11)31-21-30(19-24)20-25(2)37(31)45)59-40(52)28(5)27(4)32(49)15-17-42(7,8)62-61-18-16-34(39(51)46-10)63(55,56)57/h12-14,20-21,26-29,33-35,38,54H,15-19,22-23H2,1-11H3,(H,46,51)(H,47,53)(H,55,56,57)/b14-12+,24-13+/t26-,27?,28-,29-,33+,34?,35+,38+,43+,44+/m1/s1. The lowest BCUT2D eigenvalue weighted by Crippen LogP contribution is -2.60. The molecule has 2 unspecified atom stereocenters. The van der Waals surface area contributed by atoms with Crippen LogP contribution in [0.1, 0.15) is 98.6 Å². The van der Waals surface area contributed by atoms with Crippen molar-refractivity contribution in [2.24, 2.45) is 23.7 Å². The third-order valence-corrected chi connectivity index (χ3v) is 17.6. The summed E-state index contributed by atoms with van der Waals surface area (Å²) in [5.74, 6) is -4.52. The van der Waals surface area contributed by atoms with Crippen LogP contribution in [0.4, 0.5) is 10.5 Å². The van der Waals surface area contributed by atoms with Crippen molar-refractivity contribution in [1.82, 2.24) is 10.6 Å². The smallest absolute Gasteiger partial charge is 0.409 e. The summed E-state index contributed by atoms with van der Waals surface area (Å²) in [6.45, 7) is 16.3. The topological polar surface area (TPSA) is 218 Å². The zero-order chi connectivity index (χ0) is 47.4. The van der Waals surface area contributed by atoms with Gasteiger partial charge in [0.1, 0.15) is 29.3 Å². The summed E-state index contributed by atoms with van der Waals surface area (Å²) in [6, 6.07) is 3.81. The Morgan fingerprint density at radius 2 is 1.83 bits per heavy atom. The Hall–Kier alpha value is -3.13. The number of esters is 1. The number of nitrogens with one attached hydrogen (secondary N) is 2. The van der Waals surface area contributed by atoms with Crippen LogP contribution in [-0.4, -0.2) is 107 Å². The highest BCUT2D eigenvalue weighted by Gasteiger charge is 2.64. The Bertz CT molecular complexity index is 2080. The van der Waals surface area contributed by atoms with Crippen molar-refractivity contribution in [3.63, 3.8) is 0 Å². The molecule has 0 aromatic heterocycles. The van der Waals surface area contributed by atoms with E-state index in [0.717, 1.165) is 16.7 Å². The number of amides is 3. The summed E-state index contributed by atoms with van der Waals surface area (Å²) in [4.78, 5) is 68.1. The minimum absolute atomic E-state index is 0.0383. The van der Waals surface area contributed by atoms with Crippen molar-refractivity contribution in [2.45, 2.75) is 140 Å². The van der Waals surface area contributed by atoms with Crippen molar-refractivity contribution < 1.29 is 56.3 Å². The SMILES string of the molecule is CNC(=O)C(CCSSC(C)(C)CCC(=O)C(C)[C@@H](C)C(=O)O[C@H]1CC(=O)N(C)c2cc(cc(C)c2Cl)C/C(C)=C/C=C/[C@@H](C)[C@@]2(O)C[C@H](OC(=O)N2)[C@@H](C)[C@@H]2O[C@@]12C)S(=O)(=O)O. The minimum Gasteiger partial charge on any atom is -0.458 e.